The van der Waals surface area contributed by atoms with Crippen molar-refractivity contribution in [3.8, 4) is 11.5 Å². The number of carbonyl (C=O) groups is 1. The van der Waals surface area contributed by atoms with Crippen LogP contribution >= 0.6 is 11.6 Å². The summed E-state index contributed by atoms with van der Waals surface area (Å²) in [6.07, 6.45) is -1.42. The van der Waals surface area contributed by atoms with E-state index in [0.29, 0.717) is 36.0 Å². The predicted molar refractivity (Wildman–Crippen MR) is 111 cm³/mol. The van der Waals surface area contributed by atoms with Crippen molar-refractivity contribution in [2.24, 2.45) is 0 Å². The van der Waals surface area contributed by atoms with Crippen LogP contribution in [0.4, 0.5) is 4.39 Å². The third kappa shape index (κ3) is 8.18. The van der Waals surface area contributed by atoms with Gasteiger partial charge in [0, 0.05) is 11.4 Å². The summed E-state index contributed by atoms with van der Waals surface area (Å²) >= 11 is 6.17. The van der Waals surface area contributed by atoms with Gasteiger partial charge in [-0.2, -0.15) is 0 Å². The number of hydrogen-bond acceptors (Lipinski definition) is 5. The van der Waals surface area contributed by atoms with Crippen LogP contribution in [-0.4, -0.2) is 46.7 Å². The van der Waals surface area contributed by atoms with Crippen LogP contribution in [0.3, 0.4) is 0 Å². The molecule has 2 rings (SSSR count). The van der Waals surface area contributed by atoms with Gasteiger partial charge in [-0.05, 0) is 67.3 Å². The van der Waals surface area contributed by atoms with Gasteiger partial charge in [-0.15, -0.1) is 0 Å². The highest BCUT2D eigenvalue weighted by atomic mass is 35.5. The zero-order valence-corrected chi connectivity index (χ0v) is 17.4. The Hall–Kier alpha value is -2.35. The second kappa shape index (κ2) is 11.7. The first-order chi connectivity index (χ1) is 14.2. The Kier molecular flexibility index (Phi) is 9.36. The van der Waals surface area contributed by atoms with Crippen molar-refractivity contribution in [2.45, 2.75) is 44.8 Å². The number of benzene rings is 2. The quantitative estimate of drug-likeness (QED) is 0.435. The normalized spacial score (nSPS) is 13.0. The number of rotatable bonds is 12. The summed E-state index contributed by atoms with van der Waals surface area (Å²) in [6, 6.07) is 9.33. The molecule has 2 aromatic rings. The lowest BCUT2D eigenvalue weighted by Crippen LogP contribution is -2.25. The van der Waals surface area contributed by atoms with Crippen LogP contribution in [0, 0.1) is 12.7 Å². The molecule has 0 radical (unpaired) electrons. The molecule has 2 aromatic carbocycles. The largest absolute Gasteiger partial charge is 0.494 e. The van der Waals surface area contributed by atoms with Crippen molar-refractivity contribution in [3.05, 3.63) is 58.4 Å². The first kappa shape index (κ1) is 23.9. The number of carboxylic acids is 1. The summed E-state index contributed by atoms with van der Waals surface area (Å²) < 4.78 is 24.3. The van der Waals surface area contributed by atoms with Gasteiger partial charge in [0.05, 0.1) is 25.2 Å². The molecule has 30 heavy (non-hydrogen) atoms. The van der Waals surface area contributed by atoms with E-state index in [9.17, 15) is 19.4 Å². The molecule has 0 saturated carbocycles. The zero-order chi connectivity index (χ0) is 22.1. The Morgan fingerprint density at radius 2 is 1.83 bits per heavy atom. The summed E-state index contributed by atoms with van der Waals surface area (Å²) in [4.78, 5) is 10.6. The lowest BCUT2D eigenvalue weighted by atomic mass is 10.0. The summed E-state index contributed by atoms with van der Waals surface area (Å²) in [7, 11) is 0. The molecule has 0 heterocycles. The minimum absolute atomic E-state index is 0.0851. The molecule has 3 N–H and O–H groups in total. The molecule has 8 heteroatoms. The molecule has 6 nitrogen and oxygen atoms in total. The maximum Gasteiger partial charge on any atom is 0.305 e. The number of aliphatic carboxylic acids is 1. The van der Waals surface area contributed by atoms with E-state index in [0.717, 1.165) is 11.1 Å². The van der Waals surface area contributed by atoms with E-state index >= 15 is 0 Å². The van der Waals surface area contributed by atoms with Crippen molar-refractivity contribution in [1.82, 2.24) is 0 Å². The van der Waals surface area contributed by atoms with Gasteiger partial charge in [0.25, 0.3) is 0 Å². The Morgan fingerprint density at radius 3 is 2.50 bits per heavy atom. The molecular formula is C22H26ClFO6. The Balaban J connectivity index is 1.90. The fourth-order valence-electron chi connectivity index (χ4n) is 3.02. The second-order valence-corrected chi connectivity index (χ2v) is 7.51. The smallest absolute Gasteiger partial charge is 0.305 e. The molecule has 0 aliphatic rings. The highest BCUT2D eigenvalue weighted by molar-refractivity contribution is 6.30. The van der Waals surface area contributed by atoms with Crippen LogP contribution in [0.2, 0.25) is 5.02 Å². The molecule has 0 saturated heterocycles. The molecule has 0 spiro atoms. The number of aliphatic hydroxyl groups excluding tert-OH is 2. The van der Waals surface area contributed by atoms with Crippen molar-refractivity contribution >= 4 is 17.6 Å². The Morgan fingerprint density at radius 1 is 1.13 bits per heavy atom. The van der Waals surface area contributed by atoms with Crippen molar-refractivity contribution in [1.29, 1.82) is 0 Å². The number of hydrogen-bond donors (Lipinski definition) is 3. The lowest BCUT2D eigenvalue weighted by molar-refractivity contribution is -0.139. The van der Waals surface area contributed by atoms with E-state index < -0.39 is 24.6 Å². The van der Waals surface area contributed by atoms with Gasteiger partial charge < -0.3 is 24.8 Å². The van der Waals surface area contributed by atoms with Crippen LogP contribution in [0.1, 0.15) is 30.4 Å². The van der Waals surface area contributed by atoms with Crippen LogP contribution in [0.15, 0.2) is 36.4 Å². The molecule has 0 aliphatic heterocycles. The minimum atomic E-state index is -1.14. The molecule has 0 unspecified atom stereocenters. The highest BCUT2D eigenvalue weighted by Crippen LogP contribution is 2.29. The monoisotopic (exact) mass is 440 g/mol. The molecule has 164 valence electrons. The molecule has 0 bridgehead atoms. The fraction of sp³-hybridized carbons (Fsp3) is 0.409. The number of ether oxygens (including phenoxy) is 2. The van der Waals surface area contributed by atoms with E-state index in [-0.39, 0.29) is 18.8 Å². The standard InChI is InChI=1S/C22H26ClFO6/c1-14-9-16(23)10-15(3-2-8-29-20-6-4-17(24)5-7-20)22(14)30-13-19(26)11-18(25)12-21(27)28/h4-7,9-10,18-19,25-26H,2-3,8,11-13H2,1H3,(H,27,28)/t18-,19+/m1/s1. The van der Waals surface area contributed by atoms with E-state index in [1.165, 1.54) is 12.1 Å². The van der Waals surface area contributed by atoms with Gasteiger partial charge in [0.15, 0.2) is 0 Å². The fourth-order valence-corrected chi connectivity index (χ4v) is 3.32. The van der Waals surface area contributed by atoms with E-state index in [4.69, 9.17) is 26.2 Å². The van der Waals surface area contributed by atoms with Crippen molar-refractivity contribution in [2.75, 3.05) is 13.2 Å². The maximum absolute atomic E-state index is 12.9. The molecule has 2 atom stereocenters. The molecule has 0 amide bonds. The molecular weight excluding hydrogens is 415 g/mol. The Labute approximate surface area is 179 Å². The summed E-state index contributed by atoms with van der Waals surface area (Å²) in [5.41, 5.74) is 1.65. The summed E-state index contributed by atoms with van der Waals surface area (Å²) in [6.45, 7) is 2.17. The van der Waals surface area contributed by atoms with Crippen LogP contribution in [0.25, 0.3) is 0 Å². The van der Waals surface area contributed by atoms with Gasteiger partial charge >= 0.3 is 5.97 Å². The van der Waals surface area contributed by atoms with Gasteiger partial charge in [0.2, 0.25) is 0 Å². The zero-order valence-electron chi connectivity index (χ0n) is 16.7. The summed E-state index contributed by atoms with van der Waals surface area (Å²) in [5.74, 6) is -0.281. The van der Waals surface area contributed by atoms with Crippen LogP contribution in [-0.2, 0) is 11.2 Å². The third-order valence-corrected chi connectivity index (χ3v) is 4.58. The lowest BCUT2D eigenvalue weighted by Gasteiger charge is -2.19. The maximum atomic E-state index is 12.9. The van der Waals surface area contributed by atoms with Gasteiger partial charge in [-0.1, -0.05) is 11.6 Å². The highest BCUT2D eigenvalue weighted by Gasteiger charge is 2.17. The first-order valence-electron chi connectivity index (χ1n) is 9.62. The van der Waals surface area contributed by atoms with Gasteiger partial charge in [-0.3, -0.25) is 4.79 Å². The summed E-state index contributed by atoms with van der Waals surface area (Å²) in [5, 5.41) is 28.9. The number of aryl methyl sites for hydroxylation is 2. The minimum Gasteiger partial charge on any atom is -0.494 e. The predicted octanol–water partition coefficient (Wildman–Crippen LogP) is 3.76. The number of halogens is 2. The average molecular weight is 441 g/mol. The SMILES string of the molecule is Cc1cc(Cl)cc(CCCOc2ccc(F)cc2)c1OC[C@@H](O)C[C@@H](O)CC(=O)O. The second-order valence-electron chi connectivity index (χ2n) is 7.07. The topological polar surface area (TPSA) is 96.2 Å². The average Bonchev–Trinajstić information content (AvgIpc) is 2.65. The van der Waals surface area contributed by atoms with Crippen molar-refractivity contribution < 1.29 is 34.0 Å². The van der Waals surface area contributed by atoms with E-state index in [1.807, 2.05) is 6.92 Å². The van der Waals surface area contributed by atoms with Gasteiger partial charge in [-0.25, -0.2) is 4.39 Å². The van der Waals surface area contributed by atoms with Crippen LogP contribution in [0.5, 0.6) is 11.5 Å². The molecule has 0 fully saturated rings. The molecule has 0 aromatic heterocycles. The number of aliphatic hydroxyl groups is 2. The van der Waals surface area contributed by atoms with Crippen LogP contribution < -0.4 is 9.47 Å². The third-order valence-electron chi connectivity index (χ3n) is 4.36. The Bertz CT molecular complexity index is 827. The molecule has 0 aliphatic carbocycles. The van der Waals surface area contributed by atoms with E-state index in [1.54, 1.807) is 24.3 Å². The number of carboxylic acid groups (broad SMARTS) is 1. The van der Waals surface area contributed by atoms with Gasteiger partial charge in [0.1, 0.15) is 23.9 Å². The first-order valence-corrected chi connectivity index (χ1v) is 10.0. The van der Waals surface area contributed by atoms with Crippen molar-refractivity contribution in [3.63, 3.8) is 0 Å². The van der Waals surface area contributed by atoms with E-state index in [2.05, 4.69) is 0 Å².